The van der Waals surface area contributed by atoms with Crippen LogP contribution in [0.4, 0.5) is 0 Å². The molecule has 0 bridgehead atoms. The van der Waals surface area contributed by atoms with Crippen LogP contribution in [0.25, 0.3) is 0 Å². The number of quaternary nitrogens is 1. The molecule has 0 aromatic heterocycles. The fourth-order valence-corrected chi connectivity index (χ4v) is 8.89. The van der Waals surface area contributed by atoms with Crippen molar-refractivity contribution in [2.75, 3.05) is 40.9 Å². The van der Waals surface area contributed by atoms with Gasteiger partial charge in [0.05, 0.1) is 39.9 Å². The second kappa shape index (κ2) is 47.8. The molecule has 3 unspecified atom stereocenters. The first-order chi connectivity index (χ1) is 31.5. The summed E-state index contributed by atoms with van der Waals surface area (Å²) < 4.78 is 23.3. The van der Waals surface area contributed by atoms with Gasteiger partial charge in [0.25, 0.3) is 7.82 Å². The first-order valence-electron chi connectivity index (χ1n) is 27.9. The summed E-state index contributed by atoms with van der Waals surface area (Å²) in [6.45, 7) is 4.65. The van der Waals surface area contributed by atoms with Crippen LogP contribution in [0.5, 0.6) is 0 Å². The van der Waals surface area contributed by atoms with Crippen LogP contribution in [-0.4, -0.2) is 68.5 Å². The normalized spacial score (nSPS) is 14.3. The number of hydrogen-bond donors (Lipinski definition) is 2. The van der Waals surface area contributed by atoms with Gasteiger partial charge >= 0.3 is 0 Å². The lowest BCUT2D eigenvalue weighted by Crippen LogP contribution is -2.45. The van der Waals surface area contributed by atoms with E-state index in [2.05, 4.69) is 43.5 Å². The maximum absolute atomic E-state index is 12.9. The summed E-state index contributed by atoms with van der Waals surface area (Å²) in [6, 6.07) is -0.903. The highest BCUT2D eigenvalue weighted by Gasteiger charge is 2.23. The van der Waals surface area contributed by atoms with E-state index >= 15 is 0 Å². The number of nitrogens with zero attached hydrogens (tertiary/aromatic N) is 1. The number of rotatable bonds is 51. The van der Waals surface area contributed by atoms with E-state index in [1.165, 1.54) is 205 Å². The van der Waals surface area contributed by atoms with Gasteiger partial charge in [-0.3, -0.25) is 9.36 Å². The van der Waals surface area contributed by atoms with E-state index in [1.54, 1.807) is 6.08 Å². The summed E-state index contributed by atoms with van der Waals surface area (Å²) in [6.07, 6.45) is 60.8. The number of aliphatic hydroxyl groups excluding tert-OH is 1. The largest absolute Gasteiger partial charge is 0.756 e. The fourth-order valence-electron chi connectivity index (χ4n) is 8.17. The van der Waals surface area contributed by atoms with E-state index < -0.39 is 26.6 Å². The molecule has 9 heteroatoms. The van der Waals surface area contributed by atoms with Crippen LogP contribution in [0.15, 0.2) is 36.5 Å². The fraction of sp³-hybridized carbons (Fsp3) is 0.875. The van der Waals surface area contributed by atoms with Crippen molar-refractivity contribution in [2.24, 2.45) is 0 Å². The lowest BCUT2D eigenvalue weighted by atomic mass is 10.0. The third-order valence-electron chi connectivity index (χ3n) is 12.6. The van der Waals surface area contributed by atoms with Gasteiger partial charge in [-0.15, -0.1) is 0 Å². The Labute approximate surface area is 404 Å². The molecule has 0 spiro atoms. The van der Waals surface area contributed by atoms with E-state index in [0.29, 0.717) is 17.4 Å². The standard InChI is InChI=1S/C56H109N2O6P/c1-6-8-10-12-14-16-18-20-22-24-25-26-27-28-29-30-31-32-34-36-38-40-42-44-46-48-50-56(60)57-54(53-64-65(61,62)63-52-51-58(3,4)5)55(59)49-47-45-43-41-39-37-35-33-23-21-19-17-15-13-11-9-7-2/h28-29,39,41,47,49,54-55,59H,6-27,30-38,40,42-46,48,50-53H2,1-5H3,(H-,57,60,61,62)/b29-28-,41-39+,49-47+. The number of carbonyl (C=O) groups excluding carboxylic acids is 1. The molecule has 2 N–H and O–H groups in total. The summed E-state index contributed by atoms with van der Waals surface area (Å²) in [5, 5.41) is 13.8. The molecule has 0 fully saturated rings. The van der Waals surface area contributed by atoms with Crippen LogP contribution < -0.4 is 10.2 Å². The minimum atomic E-state index is -4.60. The number of aliphatic hydroxyl groups is 1. The summed E-state index contributed by atoms with van der Waals surface area (Å²) in [4.78, 5) is 25.4. The number of phosphoric acid groups is 1. The highest BCUT2D eigenvalue weighted by atomic mass is 31.2. The van der Waals surface area contributed by atoms with Crippen molar-refractivity contribution in [1.29, 1.82) is 0 Å². The Morgan fingerprint density at radius 2 is 0.862 bits per heavy atom. The summed E-state index contributed by atoms with van der Waals surface area (Å²) in [5.41, 5.74) is 0. The summed E-state index contributed by atoms with van der Waals surface area (Å²) in [5.74, 6) is -0.206. The van der Waals surface area contributed by atoms with Gasteiger partial charge in [-0.25, -0.2) is 0 Å². The van der Waals surface area contributed by atoms with Gasteiger partial charge in [0.15, 0.2) is 0 Å². The monoisotopic (exact) mass is 937 g/mol. The Hall–Kier alpha value is -1.28. The second-order valence-corrected chi connectivity index (χ2v) is 21.7. The molecule has 0 aliphatic carbocycles. The molecule has 0 aromatic carbocycles. The lowest BCUT2D eigenvalue weighted by Gasteiger charge is -2.29. The van der Waals surface area contributed by atoms with E-state index in [4.69, 9.17) is 9.05 Å². The second-order valence-electron chi connectivity index (χ2n) is 20.3. The molecule has 0 saturated heterocycles. The predicted molar refractivity (Wildman–Crippen MR) is 279 cm³/mol. The molecule has 0 aliphatic rings. The Morgan fingerprint density at radius 1 is 0.523 bits per heavy atom. The smallest absolute Gasteiger partial charge is 0.268 e. The Morgan fingerprint density at radius 3 is 1.25 bits per heavy atom. The van der Waals surface area contributed by atoms with Gasteiger partial charge < -0.3 is 28.8 Å². The lowest BCUT2D eigenvalue weighted by molar-refractivity contribution is -0.870. The minimum absolute atomic E-state index is 0.00599. The molecular formula is C56H109N2O6P. The third-order valence-corrected chi connectivity index (χ3v) is 13.5. The van der Waals surface area contributed by atoms with Crippen LogP contribution in [0.3, 0.4) is 0 Å². The zero-order valence-corrected chi connectivity index (χ0v) is 44.6. The van der Waals surface area contributed by atoms with Gasteiger partial charge in [0.2, 0.25) is 5.91 Å². The highest BCUT2D eigenvalue weighted by molar-refractivity contribution is 7.45. The van der Waals surface area contributed by atoms with Crippen molar-refractivity contribution in [3.63, 3.8) is 0 Å². The molecule has 1 amide bonds. The quantitative estimate of drug-likeness (QED) is 0.0272. The van der Waals surface area contributed by atoms with Crippen molar-refractivity contribution >= 4 is 13.7 Å². The van der Waals surface area contributed by atoms with Crippen LogP contribution in [-0.2, 0) is 18.4 Å². The first kappa shape index (κ1) is 63.7. The number of carbonyl (C=O) groups is 1. The van der Waals surface area contributed by atoms with Crippen molar-refractivity contribution in [1.82, 2.24) is 5.32 Å². The van der Waals surface area contributed by atoms with Crippen molar-refractivity contribution in [3.8, 4) is 0 Å². The van der Waals surface area contributed by atoms with Crippen LogP contribution in [0.1, 0.15) is 264 Å². The average Bonchev–Trinajstić information content (AvgIpc) is 3.26. The number of amides is 1. The maximum Gasteiger partial charge on any atom is 0.268 e. The maximum atomic E-state index is 12.9. The number of phosphoric ester groups is 1. The highest BCUT2D eigenvalue weighted by Crippen LogP contribution is 2.38. The minimum Gasteiger partial charge on any atom is -0.756 e. The van der Waals surface area contributed by atoms with Crippen LogP contribution in [0, 0.1) is 0 Å². The molecule has 0 radical (unpaired) electrons. The molecule has 0 saturated carbocycles. The SMILES string of the molecule is CCCCCCCCCCCCC/C=C/CC/C=C/C(O)C(COP(=O)([O-])OCC[N+](C)(C)C)NC(=O)CCCCCCCCCCCC/C=C\CCCCCCCCCCCCCC. The van der Waals surface area contributed by atoms with E-state index in [-0.39, 0.29) is 12.5 Å². The third kappa shape index (κ3) is 50.4. The zero-order valence-electron chi connectivity index (χ0n) is 43.7. The Kier molecular flexibility index (Phi) is 46.8. The predicted octanol–water partition coefficient (Wildman–Crippen LogP) is 16.0. The number of unbranched alkanes of at least 4 members (excludes halogenated alkanes) is 34. The molecule has 0 aliphatic heterocycles. The van der Waals surface area contributed by atoms with Gasteiger partial charge in [-0.1, -0.05) is 237 Å². The van der Waals surface area contributed by atoms with Crippen molar-refractivity contribution in [2.45, 2.75) is 276 Å². The Bertz CT molecular complexity index is 1150. The molecule has 0 rings (SSSR count). The zero-order chi connectivity index (χ0) is 47.8. The van der Waals surface area contributed by atoms with Crippen LogP contribution in [0.2, 0.25) is 0 Å². The van der Waals surface area contributed by atoms with E-state index in [1.807, 2.05) is 27.2 Å². The topological polar surface area (TPSA) is 108 Å². The number of hydrogen-bond acceptors (Lipinski definition) is 6. The van der Waals surface area contributed by atoms with Gasteiger partial charge in [0.1, 0.15) is 13.2 Å². The Balaban J connectivity index is 4.22. The molecule has 65 heavy (non-hydrogen) atoms. The number of likely N-dealkylation sites (N-methyl/N-ethyl adjacent to an activating group) is 1. The summed E-state index contributed by atoms with van der Waals surface area (Å²) in [7, 11) is 1.25. The van der Waals surface area contributed by atoms with Gasteiger partial charge in [-0.05, 0) is 57.8 Å². The first-order valence-corrected chi connectivity index (χ1v) is 29.3. The van der Waals surface area contributed by atoms with Crippen LogP contribution >= 0.6 is 7.82 Å². The molecule has 3 atom stereocenters. The molecule has 8 nitrogen and oxygen atoms in total. The van der Waals surface area contributed by atoms with E-state index in [9.17, 15) is 19.4 Å². The molecular weight excluding hydrogens is 828 g/mol. The molecule has 384 valence electrons. The molecule has 0 heterocycles. The summed E-state index contributed by atoms with van der Waals surface area (Å²) >= 11 is 0. The van der Waals surface area contributed by atoms with Gasteiger partial charge in [-0.2, -0.15) is 0 Å². The van der Waals surface area contributed by atoms with Crippen molar-refractivity contribution < 1.29 is 32.9 Å². The van der Waals surface area contributed by atoms with E-state index in [0.717, 1.165) is 38.5 Å². The average molecular weight is 937 g/mol. The number of allylic oxidation sites excluding steroid dienone is 5. The molecule has 0 aromatic rings. The number of nitrogens with one attached hydrogen (secondary N) is 1. The van der Waals surface area contributed by atoms with Crippen molar-refractivity contribution in [3.05, 3.63) is 36.5 Å². The van der Waals surface area contributed by atoms with Gasteiger partial charge in [0, 0.05) is 6.42 Å².